The maximum absolute atomic E-state index is 14.8. The first-order chi connectivity index (χ1) is 25.6. The summed E-state index contributed by atoms with van der Waals surface area (Å²) in [7, 11) is -2.14. The van der Waals surface area contributed by atoms with Crippen LogP contribution in [0.3, 0.4) is 0 Å². The van der Waals surface area contributed by atoms with Crippen LogP contribution in [0.15, 0.2) is 24.3 Å². The van der Waals surface area contributed by atoms with E-state index in [1.54, 1.807) is 20.8 Å². The molecule has 10 nitrogen and oxygen atoms in total. The van der Waals surface area contributed by atoms with E-state index >= 15 is 0 Å². The van der Waals surface area contributed by atoms with E-state index < -0.39 is 56.4 Å². The van der Waals surface area contributed by atoms with Gasteiger partial charge in [-0.1, -0.05) is 68.0 Å². The molecule has 0 aliphatic heterocycles. The molecule has 4 fully saturated rings. The molecule has 0 aromatic rings. The molecule has 0 radical (unpaired) electrons. The number of nitrogens with one attached hydrogen (secondary N) is 1. The number of esters is 2. The zero-order valence-electron chi connectivity index (χ0n) is 36.8. The summed E-state index contributed by atoms with van der Waals surface area (Å²) in [5.41, 5.74) is -0.998. The van der Waals surface area contributed by atoms with Crippen LogP contribution in [0.25, 0.3) is 0 Å². The van der Waals surface area contributed by atoms with Gasteiger partial charge in [0.1, 0.15) is 18.2 Å². The molecule has 56 heavy (non-hydrogen) atoms. The number of amides is 1. The highest BCUT2D eigenvalue weighted by atomic mass is 28.4. The Balaban J connectivity index is 1.47. The molecule has 2 spiro atoms. The van der Waals surface area contributed by atoms with Gasteiger partial charge in [0.25, 0.3) is 0 Å². The molecule has 1 N–H and O–H groups in total. The Morgan fingerprint density at radius 3 is 2.25 bits per heavy atom. The third-order valence-corrected chi connectivity index (χ3v) is 20.6. The Hall–Kier alpha value is -2.79. The molecule has 0 bridgehead atoms. The van der Waals surface area contributed by atoms with Crippen molar-refractivity contribution in [3.05, 3.63) is 24.3 Å². The molecule has 4 saturated carbocycles. The fraction of sp³-hybridized carbons (Fsp3) is 0.800. The summed E-state index contributed by atoms with van der Waals surface area (Å²) in [5, 5.41) is 2.45. The molecule has 0 heterocycles. The molecule has 314 valence electrons. The first-order valence-electron chi connectivity index (χ1n) is 21.0. The molecule has 4 unspecified atom stereocenters. The maximum Gasteiger partial charge on any atom is 0.408 e. The maximum atomic E-state index is 14.8. The summed E-state index contributed by atoms with van der Waals surface area (Å²) < 4.78 is 24.2. The Bertz CT molecular complexity index is 1660. The van der Waals surface area contributed by atoms with Gasteiger partial charge < -0.3 is 24.0 Å². The lowest BCUT2D eigenvalue weighted by atomic mass is 9.43. The van der Waals surface area contributed by atoms with Crippen molar-refractivity contribution in [1.82, 2.24) is 5.32 Å². The van der Waals surface area contributed by atoms with Crippen molar-refractivity contribution in [3.63, 3.8) is 0 Å². The van der Waals surface area contributed by atoms with Crippen molar-refractivity contribution in [3.8, 4) is 0 Å². The van der Waals surface area contributed by atoms with Crippen LogP contribution in [0.4, 0.5) is 4.79 Å². The van der Waals surface area contributed by atoms with E-state index in [1.165, 1.54) is 6.92 Å². The van der Waals surface area contributed by atoms with Crippen LogP contribution in [0.2, 0.25) is 18.1 Å². The van der Waals surface area contributed by atoms with E-state index in [2.05, 4.69) is 72.6 Å². The highest BCUT2D eigenvalue weighted by Gasteiger charge is 2.82. The van der Waals surface area contributed by atoms with Gasteiger partial charge in [0.05, 0.1) is 0 Å². The Morgan fingerprint density at radius 2 is 1.66 bits per heavy atom. The van der Waals surface area contributed by atoms with Gasteiger partial charge in [-0.25, -0.2) is 4.79 Å². The average Bonchev–Trinajstić information content (AvgIpc) is 3.68. The summed E-state index contributed by atoms with van der Waals surface area (Å²) in [4.78, 5) is 66.5. The van der Waals surface area contributed by atoms with Gasteiger partial charge in [-0.3, -0.25) is 19.2 Å². The lowest BCUT2D eigenvalue weighted by Gasteiger charge is -2.61. The van der Waals surface area contributed by atoms with Crippen LogP contribution >= 0.6 is 0 Å². The van der Waals surface area contributed by atoms with Crippen LogP contribution < -0.4 is 5.32 Å². The van der Waals surface area contributed by atoms with Crippen molar-refractivity contribution in [2.75, 3.05) is 13.2 Å². The van der Waals surface area contributed by atoms with E-state index in [-0.39, 0.29) is 56.2 Å². The minimum atomic E-state index is -2.14. The molecular weight excluding hydrogens is 727 g/mol. The number of rotatable bonds is 12. The topological polar surface area (TPSA) is 134 Å². The third kappa shape index (κ3) is 7.50. The number of allylic oxidation sites excluding steroid dienone is 2. The smallest absolute Gasteiger partial charge is 0.408 e. The number of Topliss-reactive ketones (excluding diaryl/α,β-unsaturated/α-hetero) is 1. The molecule has 5 aliphatic carbocycles. The third-order valence-electron chi connectivity index (χ3n) is 16.1. The van der Waals surface area contributed by atoms with E-state index in [4.69, 9.17) is 18.6 Å². The number of hydrogen-bond acceptors (Lipinski definition) is 9. The first kappa shape index (κ1) is 44.3. The minimum Gasteiger partial charge on any atom is -0.462 e. The quantitative estimate of drug-likeness (QED) is 0.0890. The second-order valence-corrected chi connectivity index (χ2v) is 26.1. The van der Waals surface area contributed by atoms with Crippen LogP contribution in [-0.4, -0.2) is 68.9 Å². The fourth-order valence-corrected chi connectivity index (χ4v) is 13.1. The highest BCUT2D eigenvalue weighted by Crippen LogP contribution is 2.87. The minimum absolute atomic E-state index is 0.0145. The van der Waals surface area contributed by atoms with Crippen LogP contribution in [0.5, 0.6) is 0 Å². The summed E-state index contributed by atoms with van der Waals surface area (Å²) in [6, 6.07) is 0. The summed E-state index contributed by atoms with van der Waals surface area (Å²) in [6.45, 7) is 32.1. The molecule has 5 rings (SSSR count). The molecule has 0 aromatic heterocycles. The zero-order chi connectivity index (χ0) is 42.2. The number of fused-ring (bicyclic) bond motifs is 2. The molecule has 0 aromatic carbocycles. The largest absolute Gasteiger partial charge is 0.462 e. The van der Waals surface area contributed by atoms with Gasteiger partial charge in [-0.2, -0.15) is 0 Å². The average molecular weight is 798 g/mol. The van der Waals surface area contributed by atoms with Gasteiger partial charge in [0, 0.05) is 37.2 Å². The molecule has 11 heteroatoms. The lowest BCUT2D eigenvalue weighted by molar-refractivity contribution is -0.167. The Morgan fingerprint density at radius 1 is 1.02 bits per heavy atom. The molecule has 0 saturated heterocycles. The molecule has 5 aliphatic rings. The number of ketones is 2. The standard InChI is InChI=1S/C45H71NO9Si/c1-26(24-52-56(14,15)41(9,10)11)27(2)37(50)38(54-35(49)23-46-39(51)55-40(6,7)8)29(4)36-33(53-30(5)47)22-43(13)34-17-16-31-28(3)32(48)18-19-44(31)25-45(34,44)21-20-42(36,43)12/h18-19,26,28-29,31,33-34,36,38H,2,16-17,20-25H2,1,3-15H3,(H,46,51)/t26?,28-,29?,31-,33-,34-,36-,38+,42+,43-,44?,45?/m0/s1. The van der Waals surface area contributed by atoms with E-state index in [9.17, 15) is 24.0 Å². The predicted octanol–water partition coefficient (Wildman–Crippen LogP) is 8.78. The van der Waals surface area contributed by atoms with Crippen LogP contribution in [0, 0.1) is 57.2 Å². The lowest BCUT2D eigenvalue weighted by Crippen LogP contribution is -2.56. The van der Waals surface area contributed by atoms with Crippen molar-refractivity contribution in [2.24, 2.45) is 57.2 Å². The molecular formula is C45H71NO9Si. The number of carbonyl (C=O) groups excluding carboxylic acids is 5. The second kappa shape index (κ2) is 14.8. The van der Waals surface area contributed by atoms with Crippen molar-refractivity contribution < 1.29 is 42.6 Å². The number of ether oxygens (including phenoxy) is 3. The highest BCUT2D eigenvalue weighted by molar-refractivity contribution is 6.74. The monoisotopic (exact) mass is 797 g/mol. The van der Waals surface area contributed by atoms with E-state index in [0.29, 0.717) is 30.4 Å². The molecule has 12 atom stereocenters. The Kier molecular flexibility index (Phi) is 11.7. The molecule has 1 amide bonds. The zero-order valence-corrected chi connectivity index (χ0v) is 37.8. The number of hydrogen-bond donors (Lipinski definition) is 1. The van der Waals surface area contributed by atoms with Gasteiger partial charge in [-0.15, -0.1) is 0 Å². The van der Waals surface area contributed by atoms with Gasteiger partial charge in [0.15, 0.2) is 26.0 Å². The predicted molar refractivity (Wildman–Crippen MR) is 218 cm³/mol. The van der Waals surface area contributed by atoms with Gasteiger partial charge in [0.2, 0.25) is 0 Å². The Labute approximate surface area is 337 Å². The van der Waals surface area contributed by atoms with Crippen LogP contribution in [-0.2, 0) is 37.8 Å². The van der Waals surface area contributed by atoms with Crippen molar-refractivity contribution in [2.45, 2.75) is 158 Å². The summed E-state index contributed by atoms with van der Waals surface area (Å²) >= 11 is 0. The van der Waals surface area contributed by atoms with Crippen molar-refractivity contribution >= 4 is 37.9 Å². The number of alkyl carbamates (subject to hydrolysis) is 1. The summed E-state index contributed by atoms with van der Waals surface area (Å²) in [6.07, 6.45) is 7.07. The van der Waals surface area contributed by atoms with Gasteiger partial charge in [-0.05, 0) is 123 Å². The van der Waals surface area contributed by atoms with Crippen LogP contribution in [0.1, 0.15) is 122 Å². The fourth-order valence-electron chi connectivity index (χ4n) is 12.0. The van der Waals surface area contributed by atoms with Gasteiger partial charge >= 0.3 is 18.0 Å². The SMILES string of the molecule is C=C(C(=O)[C@H](OC(=O)CNC(=O)OC(C)(C)C)C(C)[C@H]1[C@@H](OC(C)=O)C[C@@]2(C)[C@@H]3CC[C@H]4[C@H](C)C(=O)C=CC45CC35CC[C@]12C)C(C)CO[Si](C)(C)C(C)(C)C. The van der Waals surface area contributed by atoms with Crippen molar-refractivity contribution in [1.29, 1.82) is 0 Å². The summed E-state index contributed by atoms with van der Waals surface area (Å²) in [5.74, 6) is -1.88. The van der Waals surface area contributed by atoms with E-state index in [0.717, 1.165) is 32.1 Å². The normalized spacial score (nSPS) is 36.4. The second-order valence-electron chi connectivity index (χ2n) is 21.3. The number of carbonyl (C=O) groups is 5. The first-order valence-corrected chi connectivity index (χ1v) is 23.9. The van der Waals surface area contributed by atoms with E-state index in [1.807, 2.05) is 19.9 Å².